The van der Waals surface area contributed by atoms with Crippen LogP contribution in [-0.4, -0.2) is 29.9 Å². The van der Waals surface area contributed by atoms with Gasteiger partial charge in [0.25, 0.3) is 0 Å². The highest BCUT2D eigenvalue weighted by molar-refractivity contribution is 6.62. The minimum Gasteiger partial charge on any atom is -0.538 e. The maximum Gasteiger partial charge on any atom is 0.504 e. The Morgan fingerprint density at radius 2 is 1.33 bits per heavy atom. The molecule has 0 saturated carbocycles. The topological polar surface area (TPSA) is 83.1 Å². The Balaban J connectivity index is 2.08. The van der Waals surface area contributed by atoms with E-state index in [4.69, 9.17) is 9.07 Å². The van der Waals surface area contributed by atoms with E-state index in [0.29, 0.717) is 22.4 Å². The van der Waals surface area contributed by atoms with Crippen LogP contribution >= 0.6 is 0 Å². The molecule has 1 aromatic heterocycles. The van der Waals surface area contributed by atoms with Crippen LogP contribution in [0.4, 0.5) is 0 Å². The van der Waals surface area contributed by atoms with Gasteiger partial charge in [-0.05, 0) is 39.8 Å². The second-order valence-electron chi connectivity index (χ2n) is 6.42. The molecule has 5 aromatic rings. The van der Waals surface area contributed by atoms with Gasteiger partial charge in [0.05, 0.1) is 0 Å². The Labute approximate surface area is 154 Å². The van der Waals surface area contributed by atoms with Crippen LogP contribution in [0, 0.1) is 0 Å². The van der Waals surface area contributed by atoms with Crippen molar-refractivity contribution in [2.75, 3.05) is 0 Å². The smallest absolute Gasteiger partial charge is 0.504 e. The number of benzene rings is 4. The van der Waals surface area contributed by atoms with E-state index in [1.807, 2.05) is 42.5 Å². The largest absolute Gasteiger partial charge is 0.538 e. The summed E-state index contributed by atoms with van der Waals surface area (Å²) in [6.07, 6.45) is 0. The van der Waals surface area contributed by atoms with Gasteiger partial charge in [0.15, 0.2) is 0 Å². The van der Waals surface area contributed by atoms with Crippen LogP contribution in [0.15, 0.2) is 65.1 Å². The van der Waals surface area contributed by atoms with Crippen LogP contribution in [0.3, 0.4) is 0 Å². The fraction of sp³-hybridized carbons (Fsp3) is 0. The minimum atomic E-state index is -1.57. The number of rotatable bonds is 3. The van der Waals surface area contributed by atoms with Gasteiger partial charge < -0.3 is 24.1 Å². The average Bonchev–Trinajstić information content (AvgIpc) is 2.82. The van der Waals surface area contributed by atoms with E-state index < -0.39 is 14.8 Å². The van der Waals surface area contributed by atoms with Crippen LogP contribution in [0.5, 0.6) is 5.75 Å². The SMILES string of the molecule is OBOc1ccc2oc3ccc(B(O)O)c4cccc(c5cccc1c25)c34. The second-order valence-corrected chi connectivity index (χ2v) is 6.42. The summed E-state index contributed by atoms with van der Waals surface area (Å²) in [5.41, 5.74) is 1.76. The summed E-state index contributed by atoms with van der Waals surface area (Å²) in [6, 6.07) is 18.6. The first-order chi connectivity index (χ1) is 13.2. The van der Waals surface area contributed by atoms with E-state index >= 15 is 0 Å². The van der Waals surface area contributed by atoms with Gasteiger partial charge in [-0.1, -0.05) is 42.5 Å². The monoisotopic (exact) mass is 356 g/mol. The van der Waals surface area contributed by atoms with Gasteiger partial charge in [-0.15, -0.1) is 0 Å². The summed E-state index contributed by atoms with van der Waals surface area (Å²) in [5.74, 6) is 0.575. The second kappa shape index (κ2) is 6.03. The van der Waals surface area contributed by atoms with E-state index in [1.54, 1.807) is 18.2 Å². The third-order valence-electron chi connectivity index (χ3n) is 5.01. The Morgan fingerprint density at radius 3 is 2.00 bits per heavy atom. The van der Waals surface area contributed by atoms with E-state index in [-0.39, 0.29) is 0 Å². The molecule has 0 spiro atoms. The van der Waals surface area contributed by atoms with Gasteiger partial charge in [0.1, 0.15) is 16.9 Å². The standard InChI is InChI=1S/C20H14B2O5/c23-21-27-16-9-10-18-20-12(4-2-6-14(16)20)11-3-1-5-13-15(22(24)25)7-8-17(26-18)19(11)13/h1-10,21,23-25H. The van der Waals surface area contributed by atoms with Crippen LogP contribution in [0.1, 0.15) is 0 Å². The van der Waals surface area contributed by atoms with E-state index in [9.17, 15) is 15.1 Å². The van der Waals surface area contributed by atoms with E-state index in [1.165, 1.54) is 0 Å². The summed E-state index contributed by atoms with van der Waals surface area (Å²) in [4.78, 5) is 0. The molecular formula is C20H14B2O5. The fourth-order valence-corrected chi connectivity index (χ4v) is 3.90. The molecule has 0 saturated heterocycles. The highest BCUT2D eigenvalue weighted by Crippen LogP contribution is 2.38. The first-order valence-corrected chi connectivity index (χ1v) is 8.58. The maximum atomic E-state index is 9.76. The van der Waals surface area contributed by atoms with Gasteiger partial charge in [0, 0.05) is 16.2 Å². The Hall–Kier alpha value is -2.99. The molecule has 0 aliphatic heterocycles. The Bertz CT molecular complexity index is 1330. The van der Waals surface area contributed by atoms with Gasteiger partial charge in [0.2, 0.25) is 0 Å². The van der Waals surface area contributed by atoms with Crippen molar-refractivity contribution in [1.82, 2.24) is 0 Å². The van der Waals surface area contributed by atoms with Crippen molar-refractivity contribution in [3.8, 4) is 5.75 Å². The molecule has 0 aliphatic rings. The van der Waals surface area contributed by atoms with Gasteiger partial charge in [-0.2, -0.15) is 0 Å². The van der Waals surface area contributed by atoms with Crippen LogP contribution in [-0.2, 0) is 0 Å². The minimum absolute atomic E-state index is 0.410. The molecule has 0 unspecified atom stereocenters. The molecule has 7 heteroatoms. The van der Waals surface area contributed by atoms with Crippen molar-refractivity contribution in [2.24, 2.45) is 0 Å². The molecule has 3 N–H and O–H groups in total. The zero-order chi connectivity index (χ0) is 18.5. The Kier molecular flexibility index (Phi) is 3.62. The Morgan fingerprint density at radius 1 is 0.741 bits per heavy atom. The van der Waals surface area contributed by atoms with Crippen LogP contribution in [0.2, 0.25) is 0 Å². The molecule has 0 aliphatic carbocycles. The molecule has 5 nitrogen and oxygen atoms in total. The number of hydrogen-bond donors (Lipinski definition) is 3. The van der Waals surface area contributed by atoms with Crippen molar-refractivity contribution in [3.63, 3.8) is 0 Å². The normalized spacial score (nSPS) is 11.5. The summed E-state index contributed by atoms with van der Waals surface area (Å²) in [6.45, 7) is 0. The molecule has 0 atom stereocenters. The maximum absolute atomic E-state index is 9.76. The lowest BCUT2D eigenvalue weighted by molar-refractivity contribution is 0.426. The molecule has 1 heterocycles. The number of fused-ring (bicyclic) bond motifs is 1. The molecule has 27 heavy (non-hydrogen) atoms. The molecule has 5 rings (SSSR count). The zero-order valence-corrected chi connectivity index (χ0v) is 14.2. The van der Waals surface area contributed by atoms with E-state index in [0.717, 1.165) is 32.3 Å². The molecule has 0 amide bonds. The summed E-state index contributed by atoms with van der Waals surface area (Å²) < 4.78 is 11.6. The molecule has 0 radical (unpaired) electrons. The predicted molar refractivity (Wildman–Crippen MR) is 109 cm³/mol. The summed E-state index contributed by atoms with van der Waals surface area (Å²) in [5, 5.41) is 33.9. The highest BCUT2D eigenvalue weighted by atomic mass is 16.5. The molecule has 0 bridgehead atoms. The average molecular weight is 356 g/mol. The van der Waals surface area contributed by atoms with Crippen molar-refractivity contribution in [1.29, 1.82) is 0 Å². The third kappa shape index (κ3) is 2.33. The zero-order valence-electron chi connectivity index (χ0n) is 14.2. The molecule has 0 fully saturated rings. The van der Waals surface area contributed by atoms with Crippen molar-refractivity contribution < 1.29 is 24.1 Å². The van der Waals surface area contributed by atoms with Gasteiger partial charge in [-0.25, -0.2) is 0 Å². The van der Waals surface area contributed by atoms with Crippen LogP contribution in [0.25, 0.3) is 43.5 Å². The lowest BCUT2D eigenvalue weighted by atomic mass is 9.76. The lowest BCUT2D eigenvalue weighted by Crippen LogP contribution is -2.30. The first kappa shape index (κ1) is 16.2. The van der Waals surface area contributed by atoms with Crippen molar-refractivity contribution in [2.45, 2.75) is 0 Å². The van der Waals surface area contributed by atoms with Crippen LogP contribution < -0.4 is 10.1 Å². The number of hydrogen-bond acceptors (Lipinski definition) is 5. The van der Waals surface area contributed by atoms with Crippen molar-refractivity contribution in [3.05, 3.63) is 60.7 Å². The third-order valence-corrected chi connectivity index (χ3v) is 5.01. The van der Waals surface area contributed by atoms with E-state index in [2.05, 4.69) is 0 Å². The molecular weight excluding hydrogens is 342 g/mol. The first-order valence-electron chi connectivity index (χ1n) is 8.58. The predicted octanol–water partition coefficient (Wildman–Crippen LogP) is 2.21. The molecule has 130 valence electrons. The van der Waals surface area contributed by atoms with Crippen molar-refractivity contribution >= 4 is 63.7 Å². The quantitative estimate of drug-likeness (QED) is 0.432. The van der Waals surface area contributed by atoms with Gasteiger partial charge in [-0.3, -0.25) is 0 Å². The molecule has 4 aromatic carbocycles. The van der Waals surface area contributed by atoms with Gasteiger partial charge >= 0.3 is 14.8 Å². The lowest BCUT2D eigenvalue weighted by Gasteiger charge is -2.09. The highest BCUT2D eigenvalue weighted by Gasteiger charge is 2.19. The summed E-state index contributed by atoms with van der Waals surface area (Å²) >= 11 is 0. The summed E-state index contributed by atoms with van der Waals surface area (Å²) in [7, 11) is -1.98. The fourth-order valence-electron chi connectivity index (χ4n) is 3.90.